The van der Waals surface area contributed by atoms with E-state index >= 15 is 0 Å². The molecule has 3 N–H and O–H groups in total. The molecule has 0 unspecified atom stereocenters. The summed E-state index contributed by atoms with van der Waals surface area (Å²) in [4.78, 5) is 9.28. The van der Waals surface area contributed by atoms with Crippen molar-refractivity contribution in [2.75, 3.05) is 32.7 Å². The fourth-order valence-corrected chi connectivity index (χ4v) is 2.47. The van der Waals surface area contributed by atoms with Gasteiger partial charge < -0.3 is 4.90 Å². The van der Waals surface area contributed by atoms with E-state index in [4.69, 9.17) is 5.84 Å². The first-order valence-electron chi connectivity index (χ1n) is 7.71. The number of benzene rings is 1. The summed E-state index contributed by atoms with van der Waals surface area (Å²) in [5, 5.41) is 0. The second kappa shape index (κ2) is 8.00. The molecule has 0 amide bonds. The van der Waals surface area contributed by atoms with Crippen molar-refractivity contribution in [3.05, 3.63) is 35.9 Å². The maximum atomic E-state index is 5.61. The van der Waals surface area contributed by atoms with Crippen molar-refractivity contribution in [1.29, 1.82) is 0 Å². The van der Waals surface area contributed by atoms with Crippen LogP contribution >= 0.6 is 0 Å². The number of guanidine groups is 1. The average Bonchev–Trinajstić information content (AvgIpc) is 2.50. The predicted molar refractivity (Wildman–Crippen MR) is 87.8 cm³/mol. The first-order valence-corrected chi connectivity index (χ1v) is 7.71. The highest BCUT2D eigenvalue weighted by Crippen LogP contribution is 2.08. The maximum Gasteiger partial charge on any atom is 0.208 e. The van der Waals surface area contributed by atoms with Crippen LogP contribution in [0.15, 0.2) is 35.3 Å². The van der Waals surface area contributed by atoms with Crippen LogP contribution in [-0.2, 0) is 6.54 Å². The van der Waals surface area contributed by atoms with E-state index in [9.17, 15) is 0 Å². The van der Waals surface area contributed by atoms with Crippen LogP contribution in [0, 0.1) is 5.92 Å². The smallest absolute Gasteiger partial charge is 0.208 e. The first-order chi connectivity index (χ1) is 10.2. The molecule has 1 heterocycles. The third-order valence-corrected chi connectivity index (χ3v) is 3.66. The zero-order valence-electron chi connectivity index (χ0n) is 13.1. The van der Waals surface area contributed by atoms with E-state index in [1.807, 2.05) is 0 Å². The lowest BCUT2D eigenvalue weighted by atomic mass is 10.2. The van der Waals surface area contributed by atoms with E-state index in [1.54, 1.807) is 0 Å². The number of nitrogens with zero attached hydrogens (tertiary/aromatic N) is 3. The molecule has 1 saturated heterocycles. The number of nitrogens with one attached hydrogen (secondary N) is 1. The van der Waals surface area contributed by atoms with Gasteiger partial charge in [0.1, 0.15) is 0 Å². The third-order valence-electron chi connectivity index (χ3n) is 3.66. The lowest BCUT2D eigenvalue weighted by molar-refractivity contribution is 0.172. The molecule has 21 heavy (non-hydrogen) atoms. The molecular formula is C16H27N5. The van der Waals surface area contributed by atoms with E-state index in [0.29, 0.717) is 5.92 Å². The van der Waals surface area contributed by atoms with Gasteiger partial charge in [-0.1, -0.05) is 44.2 Å². The molecule has 1 aliphatic rings. The summed E-state index contributed by atoms with van der Waals surface area (Å²) in [6.07, 6.45) is 0. The van der Waals surface area contributed by atoms with Gasteiger partial charge in [-0.15, -0.1) is 0 Å². The van der Waals surface area contributed by atoms with Gasteiger partial charge in [-0.05, 0) is 11.5 Å². The Morgan fingerprint density at radius 3 is 2.43 bits per heavy atom. The Balaban J connectivity index is 1.83. The quantitative estimate of drug-likeness (QED) is 0.379. The molecule has 5 heteroatoms. The van der Waals surface area contributed by atoms with E-state index in [1.165, 1.54) is 5.56 Å². The summed E-state index contributed by atoms with van der Waals surface area (Å²) in [6.45, 7) is 10.2. The van der Waals surface area contributed by atoms with Crippen LogP contribution in [0.3, 0.4) is 0 Å². The minimum absolute atomic E-state index is 0.549. The first kappa shape index (κ1) is 15.8. The molecule has 0 spiro atoms. The molecule has 0 aromatic heterocycles. The summed E-state index contributed by atoms with van der Waals surface area (Å²) in [5.41, 5.74) is 4.12. The third kappa shape index (κ3) is 5.02. The zero-order valence-corrected chi connectivity index (χ0v) is 13.1. The molecule has 2 rings (SSSR count). The standard InChI is InChI=1S/C16H27N5/c1-14(2)12-18-16(19-17)21-10-8-20(9-11-21)13-15-6-4-3-5-7-15/h3-7,14H,8-13,17H2,1-2H3,(H,18,19). The second-order valence-electron chi connectivity index (χ2n) is 5.95. The highest BCUT2D eigenvalue weighted by molar-refractivity contribution is 5.79. The molecule has 0 atom stereocenters. The Morgan fingerprint density at radius 1 is 1.19 bits per heavy atom. The van der Waals surface area contributed by atoms with Gasteiger partial charge in [0.15, 0.2) is 0 Å². The minimum Gasteiger partial charge on any atom is -0.339 e. The van der Waals surface area contributed by atoms with Crippen molar-refractivity contribution in [2.45, 2.75) is 20.4 Å². The summed E-state index contributed by atoms with van der Waals surface area (Å²) in [7, 11) is 0. The van der Waals surface area contributed by atoms with Crippen molar-refractivity contribution in [3.63, 3.8) is 0 Å². The maximum absolute atomic E-state index is 5.61. The fraction of sp³-hybridized carbons (Fsp3) is 0.562. The number of rotatable bonds is 4. The number of nitrogens with two attached hydrogens (primary N) is 1. The summed E-state index contributed by atoms with van der Waals surface area (Å²) in [5.74, 6) is 6.98. The molecule has 0 bridgehead atoms. The van der Waals surface area contributed by atoms with Crippen molar-refractivity contribution >= 4 is 5.96 Å². The van der Waals surface area contributed by atoms with Gasteiger partial charge in [0.2, 0.25) is 5.96 Å². The van der Waals surface area contributed by atoms with Crippen LogP contribution in [0.1, 0.15) is 19.4 Å². The largest absolute Gasteiger partial charge is 0.339 e. The van der Waals surface area contributed by atoms with Gasteiger partial charge in [0.25, 0.3) is 0 Å². The van der Waals surface area contributed by atoms with E-state index in [0.717, 1.165) is 45.2 Å². The monoisotopic (exact) mass is 289 g/mol. The summed E-state index contributed by atoms with van der Waals surface area (Å²) in [6, 6.07) is 10.6. The zero-order chi connectivity index (χ0) is 15.1. The Hall–Kier alpha value is -1.59. The number of hydrogen-bond acceptors (Lipinski definition) is 3. The molecule has 0 aliphatic carbocycles. The topological polar surface area (TPSA) is 56.9 Å². The molecule has 116 valence electrons. The van der Waals surface area contributed by atoms with Crippen molar-refractivity contribution < 1.29 is 0 Å². The normalized spacial score (nSPS) is 17.3. The number of piperazine rings is 1. The van der Waals surface area contributed by atoms with Gasteiger partial charge in [-0.25, -0.2) is 5.84 Å². The highest BCUT2D eigenvalue weighted by Gasteiger charge is 2.19. The molecule has 1 aromatic rings. The van der Waals surface area contributed by atoms with Crippen LogP contribution in [0.2, 0.25) is 0 Å². The molecular weight excluding hydrogens is 262 g/mol. The lowest BCUT2D eigenvalue weighted by Gasteiger charge is -2.36. The van der Waals surface area contributed by atoms with Crippen LogP contribution < -0.4 is 11.3 Å². The van der Waals surface area contributed by atoms with Crippen LogP contribution in [0.25, 0.3) is 0 Å². The molecule has 1 fully saturated rings. The van der Waals surface area contributed by atoms with Gasteiger partial charge in [-0.3, -0.25) is 15.3 Å². The van der Waals surface area contributed by atoms with Crippen LogP contribution in [0.4, 0.5) is 0 Å². The predicted octanol–water partition coefficient (Wildman–Crippen LogP) is 1.28. The number of hydrogen-bond donors (Lipinski definition) is 2. The molecule has 0 radical (unpaired) electrons. The van der Waals surface area contributed by atoms with Gasteiger partial charge in [0.05, 0.1) is 0 Å². The summed E-state index contributed by atoms with van der Waals surface area (Å²) < 4.78 is 0. The molecule has 1 aromatic carbocycles. The summed E-state index contributed by atoms with van der Waals surface area (Å²) >= 11 is 0. The van der Waals surface area contributed by atoms with E-state index < -0.39 is 0 Å². The Kier molecular flexibility index (Phi) is 6.02. The SMILES string of the molecule is CC(C)CN=C(NN)N1CCN(Cc2ccccc2)CC1. The van der Waals surface area contributed by atoms with Gasteiger partial charge in [0, 0.05) is 39.3 Å². The Bertz CT molecular complexity index is 435. The average molecular weight is 289 g/mol. The van der Waals surface area contributed by atoms with E-state index in [-0.39, 0.29) is 0 Å². The number of aliphatic imine (C=N–C) groups is 1. The van der Waals surface area contributed by atoms with Crippen LogP contribution in [-0.4, -0.2) is 48.5 Å². The van der Waals surface area contributed by atoms with Crippen molar-refractivity contribution in [3.8, 4) is 0 Å². The second-order valence-corrected chi connectivity index (χ2v) is 5.95. The fourth-order valence-electron chi connectivity index (χ4n) is 2.47. The van der Waals surface area contributed by atoms with Crippen molar-refractivity contribution in [1.82, 2.24) is 15.2 Å². The number of hydrazine groups is 1. The van der Waals surface area contributed by atoms with Crippen molar-refractivity contribution in [2.24, 2.45) is 16.8 Å². The molecule has 0 saturated carbocycles. The highest BCUT2D eigenvalue weighted by atomic mass is 15.4. The molecule has 1 aliphatic heterocycles. The van der Waals surface area contributed by atoms with E-state index in [2.05, 4.69) is 64.4 Å². The van der Waals surface area contributed by atoms with Gasteiger partial charge in [-0.2, -0.15) is 0 Å². The lowest BCUT2D eigenvalue weighted by Crippen LogP contribution is -2.53. The Labute approximate surface area is 127 Å². The Morgan fingerprint density at radius 2 is 1.86 bits per heavy atom. The minimum atomic E-state index is 0.549. The molecule has 5 nitrogen and oxygen atoms in total. The van der Waals surface area contributed by atoms with Gasteiger partial charge >= 0.3 is 0 Å². The van der Waals surface area contributed by atoms with Crippen LogP contribution in [0.5, 0.6) is 0 Å².